The number of carbonyl (C=O) groups is 1. The molecule has 0 bridgehead atoms. The quantitative estimate of drug-likeness (QED) is 0.803. The highest BCUT2D eigenvalue weighted by Gasteiger charge is 2.17. The number of benzene rings is 1. The third-order valence-electron chi connectivity index (χ3n) is 2.86. The number of hydrogen-bond acceptors (Lipinski definition) is 3. The standard InChI is InChI=1S/C16H26N2O2/c1-11(2)18-16(19)14(10-17)9-13-5-7-15(8-6-13)20-12(3)4/h5-8,11-12,14H,9-10,17H2,1-4H3,(H,18,19). The maximum atomic E-state index is 12.0. The highest BCUT2D eigenvalue weighted by Crippen LogP contribution is 2.16. The highest BCUT2D eigenvalue weighted by molar-refractivity contribution is 5.79. The van der Waals surface area contributed by atoms with E-state index in [9.17, 15) is 4.79 Å². The summed E-state index contributed by atoms with van der Waals surface area (Å²) in [5.74, 6) is 0.680. The Morgan fingerprint density at radius 1 is 1.20 bits per heavy atom. The van der Waals surface area contributed by atoms with E-state index in [-0.39, 0.29) is 24.0 Å². The summed E-state index contributed by atoms with van der Waals surface area (Å²) in [6.07, 6.45) is 0.811. The first-order chi connectivity index (χ1) is 9.42. The zero-order valence-electron chi connectivity index (χ0n) is 12.8. The molecule has 3 N–H and O–H groups in total. The minimum absolute atomic E-state index is 0.0185. The molecule has 1 unspecified atom stereocenters. The van der Waals surface area contributed by atoms with Gasteiger partial charge in [0.05, 0.1) is 12.0 Å². The Morgan fingerprint density at radius 2 is 1.80 bits per heavy atom. The van der Waals surface area contributed by atoms with Crippen LogP contribution in [0.5, 0.6) is 5.75 Å². The number of carbonyl (C=O) groups excluding carboxylic acids is 1. The zero-order chi connectivity index (χ0) is 15.1. The van der Waals surface area contributed by atoms with Crippen molar-refractivity contribution in [2.24, 2.45) is 11.7 Å². The van der Waals surface area contributed by atoms with Gasteiger partial charge in [-0.1, -0.05) is 12.1 Å². The molecule has 1 aromatic carbocycles. The van der Waals surface area contributed by atoms with Crippen LogP contribution in [0.15, 0.2) is 24.3 Å². The Kier molecular flexibility index (Phi) is 6.52. The van der Waals surface area contributed by atoms with Crippen molar-refractivity contribution in [3.8, 4) is 5.75 Å². The monoisotopic (exact) mass is 278 g/mol. The van der Waals surface area contributed by atoms with E-state index in [2.05, 4.69) is 5.32 Å². The van der Waals surface area contributed by atoms with Gasteiger partial charge in [-0.15, -0.1) is 0 Å². The molecule has 1 rings (SSSR count). The molecule has 0 saturated carbocycles. The van der Waals surface area contributed by atoms with Crippen molar-refractivity contribution in [1.82, 2.24) is 5.32 Å². The number of rotatable bonds is 7. The second kappa shape index (κ2) is 7.90. The van der Waals surface area contributed by atoms with Gasteiger partial charge in [-0.2, -0.15) is 0 Å². The van der Waals surface area contributed by atoms with Crippen LogP contribution in [-0.4, -0.2) is 24.6 Å². The molecule has 0 aromatic heterocycles. The molecule has 0 aliphatic carbocycles. The van der Waals surface area contributed by atoms with E-state index in [4.69, 9.17) is 10.5 Å². The van der Waals surface area contributed by atoms with Gasteiger partial charge in [0.1, 0.15) is 5.75 Å². The van der Waals surface area contributed by atoms with Crippen molar-refractivity contribution in [3.63, 3.8) is 0 Å². The first kappa shape index (κ1) is 16.5. The van der Waals surface area contributed by atoms with Crippen LogP contribution in [-0.2, 0) is 11.2 Å². The van der Waals surface area contributed by atoms with Crippen molar-refractivity contribution >= 4 is 5.91 Å². The van der Waals surface area contributed by atoms with Gasteiger partial charge in [0.15, 0.2) is 0 Å². The van der Waals surface area contributed by atoms with Crippen LogP contribution in [0.25, 0.3) is 0 Å². The number of nitrogens with two attached hydrogens (primary N) is 1. The predicted molar refractivity (Wildman–Crippen MR) is 81.7 cm³/mol. The third kappa shape index (κ3) is 5.61. The molecule has 4 heteroatoms. The Balaban J connectivity index is 2.63. The molecule has 0 radical (unpaired) electrons. The normalized spacial score (nSPS) is 12.6. The van der Waals surface area contributed by atoms with E-state index < -0.39 is 0 Å². The molecule has 1 aromatic rings. The van der Waals surface area contributed by atoms with Crippen molar-refractivity contribution in [2.75, 3.05) is 6.54 Å². The predicted octanol–water partition coefficient (Wildman–Crippen LogP) is 2.12. The summed E-state index contributed by atoms with van der Waals surface area (Å²) >= 11 is 0. The maximum absolute atomic E-state index is 12.0. The van der Waals surface area contributed by atoms with Crippen LogP contribution in [0, 0.1) is 5.92 Å². The van der Waals surface area contributed by atoms with E-state index in [0.717, 1.165) is 11.3 Å². The highest BCUT2D eigenvalue weighted by atomic mass is 16.5. The van der Waals surface area contributed by atoms with Gasteiger partial charge >= 0.3 is 0 Å². The topological polar surface area (TPSA) is 64.4 Å². The minimum atomic E-state index is -0.186. The minimum Gasteiger partial charge on any atom is -0.491 e. The molecule has 0 spiro atoms. The van der Waals surface area contributed by atoms with E-state index in [0.29, 0.717) is 13.0 Å². The van der Waals surface area contributed by atoms with E-state index in [1.165, 1.54) is 0 Å². The third-order valence-corrected chi connectivity index (χ3v) is 2.86. The van der Waals surface area contributed by atoms with Crippen molar-refractivity contribution in [1.29, 1.82) is 0 Å². The summed E-state index contributed by atoms with van der Waals surface area (Å²) in [7, 11) is 0. The second-order valence-corrected chi connectivity index (χ2v) is 5.61. The lowest BCUT2D eigenvalue weighted by atomic mass is 9.98. The van der Waals surface area contributed by atoms with E-state index >= 15 is 0 Å². The Hall–Kier alpha value is -1.55. The molecule has 1 amide bonds. The van der Waals surface area contributed by atoms with Crippen LogP contribution in [0.4, 0.5) is 0 Å². The molecule has 0 heterocycles. The maximum Gasteiger partial charge on any atom is 0.224 e. The van der Waals surface area contributed by atoms with Crippen molar-refractivity contribution in [3.05, 3.63) is 29.8 Å². The van der Waals surface area contributed by atoms with Crippen molar-refractivity contribution < 1.29 is 9.53 Å². The van der Waals surface area contributed by atoms with Gasteiger partial charge in [-0.05, 0) is 51.8 Å². The smallest absolute Gasteiger partial charge is 0.224 e. The second-order valence-electron chi connectivity index (χ2n) is 5.61. The van der Waals surface area contributed by atoms with Gasteiger partial charge in [0.2, 0.25) is 5.91 Å². The lowest BCUT2D eigenvalue weighted by molar-refractivity contribution is -0.125. The fourth-order valence-electron chi connectivity index (χ4n) is 1.95. The zero-order valence-corrected chi connectivity index (χ0v) is 12.8. The van der Waals surface area contributed by atoms with Crippen molar-refractivity contribution in [2.45, 2.75) is 46.3 Å². The molecule has 0 saturated heterocycles. The van der Waals surface area contributed by atoms with Gasteiger partial charge in [0.25, 0.3) is 0 Å². The fourth-order valence-corrected chi connectivity index (χ4v) is 1.95. The lowest BCUT2D eigenvalue weighted by Crippen LogP contribution is -2.39. The van der Waals surface area contributed by atoms with Crippen LogP contribution in [0.2, 0.25) is 0 Å². The van der Waals surface area contributed by atoms with Gasteiger partial charge in [0, 0.05) is 12.6 Å². The van der Waals surface area contributed by atoms with E-state index in [1.807, 2.05) is 52.0 Å². The SMILES string of the molecule is CC(C)NC(=O)C(CN)Cc1ccc(OC(C)C)cc1. The lowest BCUT2D eigenvalue weighted by Gasteiger charge is -2.17. The molecule has 0 fully saturated rings. The number of ether oxygens (including phenoxy) is 1. The fraction of sp³-hybridized carbons (Fsp3) is 0.562. The van der Waals surface area contributed by atoms with Crippen LogP contribution in [0.3, 0.4) is 0 Å². The van der Waals surface area contributed by atoms with Crippen LogP contribution < -0.4 is 15.8 Å². The van der Waals surface area contributed by atoms with Gasteiger partial charge < -0.3 is 15.8 Å². The molecule has 112 valence electrons. The first-order valence-corrected chi connectivity index (χ1v) is 7.18. The molecule has 0 aliphatic rings. The van der Waals surface area contributed by atoms with Crippen LogP contribution in [0.1, 0.15) is 33.3 Å². The summed E-state index contributed by atoms with van der Waals surface area (Å²) in [6.45, 7) is 8.24. The largest absolute Gasteiger partial charge is 0.491 e. The summed E-state index contributed by atoms with van der Waals surface area (Å²) in [5.41, 5.74) is 6.80. The Labute approximate surface area is 121 Å². The number of amides is 1. The summed E-state index contributed by atoms with van der Waals surface area (Å²) in [5, 5.41) is 2.91. The molecular formula is C16H26N2O2. The van der Waals surface area contributed by atoms with E-state index in [1.54, 1.807) is 0 Å². The molecule has 1 atom stereocenters. The molecule has 0 aliphatic heterocycles. The number of nitrogens with one attached hydrogen (secondary N) is 1. The van der Waals surface area contributed by atoms with Gasteiger partial charge in [-0.3, -0.25) is 4.79 Å². The first-order valence-electron chi connectivity index (χ1n) is 7.18. The summed E-state index contributed by atoms with van der Waals surface area (Å²) in [6, 6.07) is 7.98. The number of hydrogen-bond donors (Lipinski definition) is 2. The van der Waals surface area contributed by atoms with Crippen LogP contribution >= 0.6 is 0 Å². The Morgan fingerprint density at radius 3 is 2.25 bits per heavy atom. The Bertz CT molecular complexity index is 413. The average Bonchev–Trinajstić information content (AvgIpc) is 2.36. The van der Waals surface area contributed by atoms with Gasteiger partial charge in [-0.25, -0.2) is 0 Å². The summed E-state index contributed by atoms with van der Waals surface area (Å²) in [4.78, 5) is 12.0. The molecule has 4 nitrogen and oxygen atoms in total. The molecule has 20 heavy (non-hydrogen) atoms. The molecular weight excluding hydrogens is 252 g/mol. The average molecular weight is 278 g/mol. The summed E-state index contributed by atoms with van der Waals surface area (Å²) < 4.78 is 5.60.